The number of pyridine rings is 1. The average molecular weight is 660 g/mol. The quantitative estimate of drug-likeness (QED) is 0.168. The summed E-state index contributed by atoms with van der Waals surface area (Å²) in [6, 6.07) is 70.5. The Labute approximate surface area is 303 Å². The molecule has 1 nitrogen and oxygen atoms in total. The zero-order valence-corrected chi connectivity index (χ0v) is 28.5. The molecular formula is C51H33N. The molecule has 0 radical (unpaired) electrons. The lowest BCUT2D eigenvalue weighted by atomic mass is 9.84. The van der Waals surface area contributed by atoms with E-state index in [1.165, 1.54) is 82.0 Å². The van der Waals surface area contributed by atoms with Crippen LogP contribution in [-0.2, 0) is 0 Å². The van der Waals surface area contributed by atoms with Crippen LogP contribution in [0.15, 0.2) is 200 Å². The highest BCUT2D eigenvalue weighted by atomic mass is 14.7. The molecule has 0 aliphatic rings. The maximum absolute atomic E-state index is 4.82. The van der Waals surface area contributed by atoms with Gasteiger partial charge < -0.3 is 0 Å². The van der Waals surface area contributed by atoms with E-state index >= 15 is 0 Å². The van der Waals surface area contributed by atoms with Crippen LogP contribution < -0.4 is 0 Å². The summed E-state index contributed by atoms with van der Waals surface area (Å²) in [6.07, 6.45) is 1.97. The first-order valence-electron chi connectivity index (χ1n) is 17.9. The lowest BCUT2D eigenvalue weighted by molar-refractivity contribution is 1.32. The molecular weight excluding hydrogens is 627 g/mol. The summed E-state index contributed by atoms with van der Waals surface area (Å²) < 4.78 is 0. The Morgan fingerprint density at radius 2 is 0.712 bits per heavy atom. The fraction of sp³-hybridized carbons (Fsp3) is 0. The molecule has 52 heavy (non-hydrogen) atoms. The highest BCUT2D eigenvalue weighted by molar-refractivity contribution is 6.22. The molecule has 0 bridgehead atoms. The van der Waals surface area contributed by atoms with Gasteiger partial charge in [0.1, 0.15) is 0 Å². The van der Waals surface area contributed by atoms with Gasteiger partial charge >= 0.3 is 0 Å². The Bertz CT molecular complexity index is 2920. The predicted octanol–water partition coefficient (Wildman–Crippen LogP) is 14.0. The van der Waals surface area contributed by atoms with E-state index in [1.54, 1.807) is 0 Å². The Morgan fingerprint density at radius 1 is 0.250 bits per heavy atom. The summed E-state index contributed by atoms with van der Waals surface area (Å²) in [5.41, 5.74) is 11.7. The van der Waals surface area contributed by atoms with Crippen LogP contribution in [0.4, 0.5) is 0 Å². The van der Waals surface area contributed by atoms with E-state index in [9.17, 15) is 0 Å². The number of aromatic nitrogens is 1. The average Bonchev–Trinajstić information content (AvgIpc) is 3.22. The lowest BCUT2D eigenvalue weighted by Crippen LogP contribution is -1.92. The van der Waals surface area contributed by atoms with Crippen LogP contribution in [0, 0.1) is 0 Å². The Balaban J connectivity index is 1.15. The van der Waals surface area contributed by atoms with Crippen LogP contribution in [0.3, 0.4) is 0 Å². The third-order valence-electron chi connectivity index (χ3n) is 10.5. The second-order valence-corrected chi connectivity index (χ2v) is 13.6. The number of benzene rings is 9. The van der Waals surface area contributed by atoms with Gasteiger partial charge in [0.15, 0.2) is 0 Å². The summed E-state index contributed by atoms with van der Waals surface area (Å²) in [7, 11) is 0. The molecule has 9 aromatic carbocycles. The number of fused-ring (bicyclic) bond motifs is 4. The molecule has 0 amide bonds. The molecule has 0 N–H and O–H groups in total. The largest absolute Gasteiger partial charge is 0.256 e. The number of rotatable bonds is 5. The van der Waals surface area contributed by atoms with Crippen molar-refractivity contribution >= 4 is 43.1 Å². The van der Waals surface area contributed by atoms with Crippen molar-refractivity contribution in [2.45, 2.75) is 0 Å². The molecule has 0 saturated carbocycles. The number of nitrogens with zero attached hydrogens (tertiary/aromatic N) is 1. The van der Waals surface area contributed by atoms with E-state index in [-0.39, 0.29) is 0 Å². The molecule has 0 unspecified atom stereocenters. The van der Waals surface area contributed by atoms with Crippen molar-refractivity contribution in [1.29, 1.82) is 0 Å². The number of hydrogen-bond donors (Lipinski definition) is 0. The molecule has 242 valence electrons. The fourth-order valence-electron chi connectivity index (χ4n) is 7.87. The van der Waals surface area contributed by atoms with Gasteiger partial charge in [-0.2, -0.15) is 0 Å². The molecule has 0 spiro atoms. The second kappa shape index (κ2) is 12.5. The van der Waals surface area contributed by atoms with Gasteiger partial charge in [-0.1, -0.05) is 170 Å². The van der Waals surface area contributed by atoms with Crippen LogP contribution in [0.25, 0.3) is 98.9 Å². The second-order valence-electron chi connectivity index (χ2n) is 13.6. The maximum atomic E-state index is 4.82. The highest BCUT2D eigenvalue weighted by Crippen LogP contribution is 2.45. The third-order valence-corrected chi connectivity index (χ3v) is 10.5. The van der Waals surface area contributed by atoms with Crippen molar-refractivity contribution in [3.05, 3.63) is 200 Å². The normalized spacial score (nSPS) is 11.5. The van der Waals surface area contributed by atoms with Crippen molar-refractivity contribution in [3.63, 3.8) is 0 Å². The van der Waals surface area contributed by atoms with Gasteiger partial charge in [0.05, 0.1) is 5.69 Å². The van der Waals surface area contributed by atoms with Crippen LogP contribution in [0.5, 0.6) is 0 Å². The summed E-state index contributed by atoms with van der Waals surface area (Å²) in [6.45, 7) is 0. The van der Waals surface area contributed by atoms with Crippen LogP contribution >= 0.6 is 0 Å². The molecule has 0 aliphatic carbocycles. The zero-order chi connectivity index (χ0) is 34.4. The van der Waals surface area contributed by atoms with Gasteiger partial charge in [0.25, 0.3) is 0 Å². The minimum atomic E-state index is 0.967. The van der Waals surface area contributed by atoms with E-state index in [2.05, 4.69) is 188 Å². The van der Waals surface area contributed by atoms with E-state index in [0.29, 0.717) is 0 Å². The Morgan fingerprint density at radius 3 is 1.33 bits per heavy atom. The molecule has 0 atom stereocenters. The number of hydrogen-bond acceptors (Lipinski definition) is 1. The van der Waals surface area contributed by atoms with Crippen molar-refractivity contribution < 1.29 is 0 Å². The monoisotopic (exact) mass is 659 g/mol. The van der Waals surface area contributed by atoms with Gasteiger partial charge in [-0.15, -0.1) is 0 Å². The van der Waals surface area contributed by atoms with Crippen LogP contribution in [0.1, 0.15) is 0 Å². The SMILES string of the molecule is c1ccc(-c2ccc(-c3ccc(-c4ccc5c(-c6ccc7ccccc7c6)c6ccccc6c(-c6ccc7ccccc7c6)c5c4)cc3)nc2)cc1. The Kier molecular flexibility index (Phi) is 7.22. The minimum absolute atomic E-state index is 0.967. The molecule has 1 aromatic heterocycles. The van der Waals surface area contributed by atoms with Crippen molar-refractivity contribution in [3.8, 4) is 55.8 Å². The maximum Gasteiger partial charge on any atom is 0.0702 e. The summed E-state index contributed by atoms with van der Waals surface area (Å²) >= 11 is 0. The van der Waals surface area contributed by atoms with Gasteiger partial charge in [-0.05, 0) is 106 Å². The molecule has 1 heteroatoms. The van der Waals surface area contributed by atoms with Crippen LogP contribution in [0.2, 0.25) is 0 Å². The fourth-order valence-corrected chi connectivity index (χ4v) is 7.87. The molecule has 1 heterocycles. The van der Waals surface area contributed by atoms with Crippen molar-refractivity contribution in [2.75, 3.05) is 0 Å². The molecule has 0 saturated heterocycles. The molecule has 0 fully saturated rings. The van der Waals surface area contributed by atoms with E-state index in [0.717, 1.165) is 16.8 Å². The first kappa shape index (κ1) is 30.0. The van der Waals surface area contributed by atoms with Gasteiger partial charge in [-0.25, -0.2) is 0 Å². The van der Waals surface area contributed by atoms with Crippen molar-refractivity contribution in [2.24, 2.45) is 0 Å². The first-order chi connectivity index (χ1) is 25.8. The third kappa shape index (κ3) is 5.23. The van der Waals surface area contributed by atoms with Gasteiger partial charge in [0.2, 0.25) is 0 Å². The van der Waals surface area contributed by atoms with E-state index in [4.69, 9.17) is 4.98 Å². The minimum Gasteiger partial charge on any atom is -0.256 e. The molecule has 10 rings (SSSR count). The van der Waals surface area contributed by atoms with E-state index in [1.807, 2.05) is 12.3 Å². The van der Waals surface area contributed by atoms with Gasteiger partial charge in [-0.3, -0.25) is 4.98 Å². The zero-order valence-electron chi connectivity index (χ0n) is 28.5. The Hall–Kier alpha value is -6.83. The van der Waals surface area contributed by atoms with Crippen LogP contribution in [-0.4, -0.2) is 4.98 Å². The first-order valence-corrected chi connectivity index (χ1v) is 17.9. The molecule has 10 aromatic rings. The predicted molar refractivity (Wildman–Crippen MR) is 221 cm³/mol. The van der Waals surface area contributed by atoms with Crippen molar-refractivity contribution in [1.82, 2.24) is 4.98 Å². The molecule has 0 aliphatic heterocycles. The summed E-state index contributed by atoms with van der Waals surface area (Å²) in [4.78, 5) is 4.82. The smallest absolute Gasteiger partial charge is 0.0702 e. The van der Waals surface area contributed by atoms with Gasteiger partial charge in [0, 0.05) is 17.3 Å². The van der Waals surface area contributed by atoms with E-state index < -0.39 is 0 Å². The topological polar surface area (TPSA) is 12.9 Å². The summed E-state index contributed by atoms with van der Waals surface area (Å²) in [5.74, 6) is 0. The standard InChI is InChI=1S/C51H33N/c1-2-10-34(11-3-1)44-27-29-49(52-33-44)38-22-18-37(19-23-38)41-26-28-47-48(32-41)51(43-25-21-36-13-5-7-15-40(36)31-43)46-17-9-8-16-45(46)50(47)42-24-20-35-12-4-6-14-39(35)30-42/h1-33H. The highest BCUT2D eigenvalue weighted by Gasteiger charge is 2.18. The summed E-state index contributed by atoms with van der Waals surface area (Å²) in [5, 5.41) is 10.0. The lowest BCUT2D eigenvalue weighted by Gasteiger charge is -2.19.